The summed E-state index contributed by atoms with van der Waals surface area (Å²) in [4.78, 5) is 26.5. The SMILES string of the molecule is COC(=O)C1c2ccc(OCc3ccc(C)cc3)cc2CCN1C(=O)OCC(C)C. The van der Waals surface area contributed by atoms with Crippen molar-refractivity contribution in [1.29, 1.82) is 0 Å². The predicted octanol–water partition coefficient (Wildman–Crippen LogP) is 4.44. The molecule has 2 aromatic rings. The van der Waals surface area contributed by atoms with Gasteiger partial charge in [0, 0.05) is 6.54 Å². The summed E-state index contributed by atoms with van der Waals surface area (Å²) in [5.41, 5.74) is 4.01. The van der Waals surface area contributed by atoms with E-state index in [1.807, 2.05) is 51.1 Å². The second-order valence-corrected chi connectivity index (χ2v) is 7.97. The normalized spacial score (nSPS) is 15.5. The Morgan fingerprint density at radius 3 is 2.53 bits per heavy atom. The summed E-state index contributed by atoms with van der Waals surface area (Å²) in [5, 5.41) is 0. The third-order valence-electron chi connectivity index (χ3n) is 5.07. The molecule has 1 heterocycles. The monoisotopic (exact) mass is 411 g/mol. The summed E-state index contributed by atoms with van der Waals surface area (Å²) < 4.78 is 16.3. The van der Waals surface area contributed by atoms with Crippen molar-refractivity contribution < 1.29 is 23.8 Å². The second-order valence-electron chi connectivity index (χ2n) is 7.97. The van der Waals surface area contributed by atoms with E-state index in [-0.39, 0.29) is 5.92 Å². The Hall–Kier alpha value is -3.02. The quantitative estimate of drug-likeness (QED) is 0.658. The minimum Gasteiger partial charge on any atom is -0.489 e. The van der Waals surface area contributed by atoms with Crippen LogP contribution in [0.2, 0.25) is 0 Å². The molecule has 0 bridgehead atoms. The average molecular weight is 411 g/mol. The molecule has 6 nitrogen and oxygen atoms in total. The van der Waals surface area contributed by atoms with Crippen LogP contribution in [0.5, 0.6) is 5.75 Å². The maximum Gasteiger partial charge on any atom is 0.410 e. The van der Waals surface area contributed by atoms with E-state index in [9.17, 15) is 9.59 Å². The molecule has 0 aliphatic carbocycles. The van der Waals surface area contributed by atoms with E-state index in [2.05, 4.69) is 12.1 Å². The number of amides is 1. The third-order valence-corrected chi connectivity index (χ3v) is 5.07. The fourth-order valence-electron chi connectivity index (χ4n) is 3.43. The first-order valence-electron chi connectivity index (χ1n) is 10.2. The van der Waals surface area contributed by atoms with Crippen LogP contribution < -0.4 is 4.74 Å². The summed E-state index contributed by atoms with van der Waals surface area (Å²) in [6.07, 6.45) is 0.117. The van der Waals surface area contributed by atoms with Gasteiger partial charge in [-0.2, -0.15) is 0 Å². The number of benzene rings is 2. The molecule has 0 saturated heterocycles. The van der Waals surface area contributed by atoms with Crippen molar-refractivity contribution in [2.75, 3.05) is 20.3 Å². The number of nitrogens with zero attached hydrogens (tertiary/aromatic N) is 1. The van der Waals surface area contributed by atoms with Crippen molar-refractivity contribution in [3.8, 4) is 5.75 Å². The van der Waals surface area contributed by atoms with Gasteiger partial charge < -0.3 is 14.2 Å². The van der Waals surface area contributed by atoms with E-state index in [1.165, 1.54) is 17.6 Å². The Morgan fingerprint density at radius 1 is 1.13 bits per heavy atom. The summed E-state index contributed by atoms with van der Waals surface area (Å²) in [6, 6.07) is 13.0. The maximum atomic E-state index is 12.6. The van der Waals surface area contributed by atoms with Crippen LogP contribution in [0.3, 0.4) is 0 Å². The van der Waals surface area contributed by atoms with Gasteiger partial charge in [0.05, 0.1) is 13.7 Å². The first kappa shape index (κ1) is 21.7. The zero-order chi connectivity index (χ0) is 21.7. The highest BCUT2D eigenvalue weighted by Gasteiger charge is 2.37. The molecule has 1 aliphatic rings. The number of hydrogen-bond donors (Lipinski definition) is 0. The molecule has 0 fully saturated rings. The van der Waals surface area contributed by atoms with Gasteiger partial charge in [0.15, 0.2) is 6.04 Å². The first-order valence-corrected chi connectivity index (χ1v) is 10.2. The Bertz CT molecular complexity index is 891. The van der Waals surface area contributed by atoms with E-state index in [4.69, 9.17) is 14.2 Å². The lowest BCUT2D eigenvalue weighted by Gasteiger charge is -2.35. The highest BCUT2D eigenvalue weighted by Crippen LogP contribution is 2.33. The molecular weight excluding hydrogens is 382 g/mol. The van der Waals surface area contributed by atoms with Gasteiger partial charge in [0.2, 0.25) is 0 Å². The van der Waals surface area contributed by atoms with Gasteiger partial charge in [0.1, 0.15) is 12.4 Å². The minimum absolute atomic E-state index is 0.218. The summed E-state index contributed by atoms with van der Waals surface area (Å²) in [7, 11) is 1.33. The van der Waals surface area contributed by atoms with Crippen LogP contribution in [0.15, 0.2) is 42.5 Å². The summed E-state index contributed by atoms with van der Waals surface area (Å²) >= 11 is 0. The molecule has 0 N–H and O–H groups in total. The lowest BCUT2D eigenvalue weighted by molar-refractivity contribution is -0.147. The van der Waals surface area contributed by atoms with Gasteiger partial charge in [-0.3, -0.25) is 4.90 Å². The van der Waals surface area contributed by atoms with Gasteiger partial charge in [-0.15, -0.1) is 0 Å². The molecule has 3 rings (SSSR count). The number of aryl methyl sites for hydroxylation is 1. The topological polar surface area (TPSA) is 65.1 Å². The Labute approximate surface area is 177 Å². The fraction of sp³-hybridized carbons (Fsp3) is 0.417. The van der Waals surface area contributed by atoms with Gasteiger partial charge in [-0.05, 0) is 48.1 Å². The Balaban J connectivity index is 1.77. The van der Waals surface area contributed by atoms with Crippen molar-refractivity contribution in [1.82, 2.24) is 4.90 Å². The number of rotatable bonds is 6. The van der Waals surface area contributed by atoms with Crippen molar-refractivity contribution in [2.24, 2.45) is 5.92 Å². The van der Waals surface area contributed by atoms with Crippen molar-refractivity contribution >= 4 is 12.1 Å². The molecule has 0 aromatic heterocycles. The molecular formula is C24H29NO5. The zero-order valence-electron chi connectivity index (χ0n) is 18.0. The largest absolute Gasteiger partial charge is 0.489 e. The highest BCUT2D eigenvalue weighted by atomic mass is 16.6. The molecule has 2 aromatic carbocycles. The molecule has 160 valence electrons. The molecule has 1 amide bonds. The number of ether oxygens (including phenoxy) is 3. The number of carbonyl (C=O) groups is 2. The van der Waals surface area contributed by atoms with Crippen LogP contribution in [0.4, 0.5) is 4.79 Å². The minimum atomic E-state index is -0.815. The van der Waals surface area contributed by atoms with E-state index >= 15 is 0 Å². The highest BCUT2D eigenvalue weighted by molar-refractivity contribution is 5.84. The van der Waals surface area contributed by atoms with E-state index in [0.29, 0.717) is 26.2 Å². The van der Waals surface area contributed by atoms with Crippen LogP contribution in [0.25, 0.3) is 0 Å². The van der Waals surface area contributed by atoms with E-state index < -0.39 is 18.1 Å². The lowest BCUT2D eigenvalue weighted by atomic mass is 9.92. The van der Waals surface area contributed by atoms with Gasteiger partial charge in [-0.25, -0.2) is 9.59 Å². The third kappa shape index (κ3) is 5.12. The van der Waals surface area contributed by atoms with Crippen LogP contribution in [0, 0.1) is 12.8 Å². The van der Waals surface area contributed by atoms with Crippen LogP contribution >= 0.6 is 0 Å². The first-order chi connectivity index (χ1) is 14.4. The van der Waals surface area contributed by atoms with E-state index in [1.54, 1.807) is 0 Å². The van der Waals surface area contributed by atoms with Crippen molar-refractivity contribution in [2.45, 2.75) is 39.8 Å². The molecule has 0 spiro atoms. The van der Waals surface area contributed by atoms with Gasteiger partial charge >= 0.3 is 12.1 Å². The standard InChI is InChI=1S/C24H29NO5/c1-16(2)14-30-24(27)25-12-11-19-13-20(9-10-21(19)22(25)23(26)28-4)29-15-18-7-5-17(3)6-8-18/h5-10,13,16,22H,11-12,14-15H2,1-4H3. The molecule has 0 radical (unpaired) electrons. The molecule has 1 atom stereocenters. The summed E-state index contributed by atoms with van der Waals surface area (Å²) in [6.45, 7) is 7.14. The van der Waals surface area contributed by atoms with Crippen molar-refractivity contribution in [3.63, 3.8) is 0 Å². The fourth-order valence-corrected chi connectivity index (χ4v) is 3.43. The Morgan fingerprint density at radius 2 is 1.87 bits per heavy atom. The maximum absolute atomic E-state index is 12.6. The second kappa shape index (κ2) is 9.65. The number of hydrogen-bond acceptors (Lipinski definition) is 5. The summed E-state index contributed by atoms with van der Waals surface area (Å²) in [5.74, 6) is 0.468. The molecule has 1 unspecified atom stereocenters. The Kier molecular flexibility index (Phi) is 6.98. The number of esters is 1. The number of carbonyl (C=O) groups excluding carboxylic acids is 2. The van der Waals surface area contributed by atoms with E-state index in [0.717, 1.165) is 22.4 Å². The average Bonchev–Trinajstić information content (AvgIpc) is 2.75. The van der Waals surface area contributed by atoms with Crippen LogP contribution in [0.1, 0.15) is 42.1 Å². The van der Waals surface area contributed by atoms with Gasteiger partial charge in [-0.1, -0.05) is 49.7 Å². The number of fused-ring (bicyclic) bond motifs is 1. The molecule has 0 saturated carbocycles. The van der Waals surface area contributed by atoms with Crippen molar-refractivity contribution in [3.05, 3.63) is 64.7 Å². The molecule has 30 heavy (non-hydrogen) atoms. The zero-order valence-corrected chi connectivity index (χ0v) is 18.0. The lowest BCUT2D eigenvalue weighted by Crippen LogP contribution is -2.44. The number of methoxy groups -OCH3 is 1. The van der Waals surface area contributed by atoms with Crippen LogP contribution in [-0.4, -0.2) is 37.2 Å². The predicted molar refractivity (Wildman–Crippen MR) is 113 cm³/mol. The molecule has 6 heteroatoms. The van der Waals surface area contributed by atoms with Gasteiger partial charge in [0.25, 0.3) is 0 Å². The smallest absolute Gasteiger partial charge is 0.410 e. The molecule has 1 aliphatic heterocycles. The van der Waals surface area contributed by atoms with Crippen LogP contribution in [-0.2, 0) is 27.3 Å².